The van der Waals surface area contributed by atoms with Crippen LogP contribution in [-0.2, 0) is 0 Å². The van der Waals surface area contributed by atoms with Crippen LogP contribution >= 0.6 is 0 Å². The van der Waals surface area contributed by atoms with Gasteiger partial charge in [-0.25, -0.2) is 15.0 Å². The van der Waals surface area contributed by atoms with Gasteiger partial charge in [0.05, 0.1) is 0 Å². The zero-order valence-corrected chi connectivity index (χ0v) is 27.5. The lowest BCUT2D eigenvalue weighted by atomic mass is 9.94. The molecule has 0 fully saturated rings. The van der Waals surface area contributed by atoms with Crippen LogP contribution < -0.4 is 0 Å². The molecule has 0 N–H and O–H groups in total. The van der Waals surface area contributed by atoms with E-state index < -0.39 is 0 Å². The highest BCUT2D eigenvalue weighted by Crippen LogP contribution is 2.42. The normalized spacial score (nSPS) is 11.5. The van der Waals surface area contributed by atoms with Crippen LogP contribution in [0.2, 0.25) is 0 Å². The maximum atomic E-state index is 6.71. The monoisotopic (exact) mass is 651 g/mol. The fraction of sp³-hybridized carbons (Fsp3) is 0. The molecule has 0 unspecified atom stereocenters. The van der Waals surface area contributed by atoms with Crippen molar-refractivity contribution in [3.05, 3.63) is 176 Å². The summed E-state index contributed by atoms with van der Waals surface area (Å²) >= 11 is 0. The Morgan fingerprint density at radius 2 is 0.843 bits per heavy atom. The van der Waals surface area contributed by atoms with Gasteiger partial charge in [-0.05, 0) is 62.5 Å². The minimum Gasteiger partial charge on any atom is -0.455 e. The summed E-state index contributed by atoms with van der Waals surface area (Å²) in [5.41, 5.74) is 8.79. The van der Waals surface area contributed by atoms with Crippen LogP contribution in [0.25, 0.3) is 99.9 Å². The first-order valence-corrected chi connectivity index (χ1v) is 17.1. The molecule has 10 rings (SSSR count). The Kier molecular flexibility index (Phi) is 6.78. The molecule has 0 radical (unpaired) electrons. The molecule has 2 aromatic heterocycles. The molecule has 0 bridgehead atoms. The van der Waals surface area contributed by atoms with Gasteiger partial charge in [0.25, 0.3) is 0 Å². The number of hydrogen-bond donors (Lipinski definition) is 0. The van der Waals surface area contributed by atoms with Gasteiger partial charge in [0.15, 0.2) is 17.5 Å². The molecular formula is C47H29N3O. The second kappa shape index (κ2) is 11.9. The smallest absolute Gasteiger partial charge is 0.164 e. The maximum Gasteiger partial charge on any atom is 0.164 e. The molecule has 2 heterocycles. The first kappa shape index (κ1) is 29.0. The molecule has 0 aliphatic carbocycles. The molecule has 0 spiro atoms. The standard InChI is InChI=1S/C47H29N3O/c1-3-11-30(12-4-1)31-19-24-35(25-20-31)46-48-45(34-14-5-2-6-15-34)49-47(50-46)40-28-27-38(44-43(40)39-17-9-10-18-42(39)51-44)36-26-23-33-22-21-32-13-7-8-16-37(32)41(33)29-36/h1-29H. The number of benzene rings is 8. The summed E-state index contributed by atoms with van der Waals surface area (Å²) in [7, 11) is 0. The molecule has 4 nitrogen and oxygen atoms in total. The molecule has 0 aliphatic rings. The molecule has 0 amide bonds. The van der Waals surface area contributed by atoms with Crippen molar-refractivity contribution < 1.29 is 4.42 Å². The molecule has 4 heteroatoms. The fourth-order valence-electron chi connectivity index (χ4n) is 7.20. The Bertz CT molecular complexity index is 2900. The van der Waals surface area contributed by atoms with Crippen molar-refractivity contribution in [1.29, 1.82) is 0 Å². The van der Waals surface area contributed by atoms with Crippen molar-refractivity contribution in [2.24, 2.45) is 0 Å². The Balaban J connectivity index is 1.18. The minimum absolute atomic E-state index is 0.596. The van der Waals surface area contributed by atoms with Crippen LogP contribution in [-0.4, -0.2) is 15.0 Å². The van der Waals surface area contributed by atoms with Crippen molar-refractivity contribution in [1.82, 2.24) is 15.0 Å². The highest BCUT2D eigenvalue weighted by atomic mass is 16.3. The Morgan fingerprint density at radius 3 is 1.61 bits per heavy atom. The van der Waals surface area contributed by atoms with Gasteiger partial charge in [0.2, 0.25) is 0 Å². The van der Waals surface area contributed by atoms with E-state index in [0.717, 1.165) is 55.3 Å². The molecule has 238 valence electrons. The van der Waals surface area contributed by atoms with E-state index in [1.807, 2.05) is 48.5 Å². The van der Waals surface area contributed by atoms with Crippen LogP contribution in [0.3, 0.4) is 0 Å². The van der Waals surface area contributed by atoms with Crippen LogP contribution in [0.5, 0.6) is 0 Å². The number of fused-ring (bicyclic) bond motifs is 6. The molecule has 51 heavy (non-hydrogen) atoms. The van der Waals surface area contributed by atoms with E-state index in [9.17, 15) is 0 Å². The molecule has 10 aromatic rings. The van der Waals surface area contributed by atoms with Crippen molar-refractivity contribution in [3.8, 4) is 56.4 Å². The van der Waals surface area contributed by atoms with E-state index in [2.05, 4.69) is 127 Å². The summed E-state index contributed by atoms with van der Waals surface area (Å²) in [6, 6.07) is 61.0. The van der Waals surface area contributed by atoms with E-state index in [1.165, 1.54) is 27.1 Å². The van der Waals surface area contributed by atoms with Crippen LogP contribution in [0.15, 0.2) is 180 Å². The van der Waals surface area contributed by atoms with Crippen molar-refractivity contribution in [3.63, 3.8) is 0 Å². The van der Waals surface area contributed by atoms with E-state index in [1.54, 1.807) is 0 Å². The molecular weight excluding hydrogens is 623 g/mol. The molecule has 0 aliphatic heterocycles. The summed E-state index contributed by atoms with van der Waals surface area (Å²) < 4.78 is 6.71. The molecule has 8 aromatic carbocycles. The van der Waals surface area contributed by atoms with Gasteiger partial charge in [-0.15, -0.1) is 0 Å². The number of para-hydroxylation sites is 1. The summed E-state index contributed by atoms with van der Waals surface area (Å²) in [5, 5.41) is 6.88. The number of rotatable bonds is 5. The SMILES string of the molecule is c1ccc(-c2ccc(-c3nc(-c4ccccc4)nc(-c4ccc(-c5ccc6ccc7ccccc7c6c5)c5oc6ccccc6c45)n3)cc2)cc1. The third-order valence-electron chi connectivity index (χ3n) is 9.74. The molecule has 0 saturated carbocycles. The van der Waals surface area contributed by atoms with Gasteiger partial charge in [-0.3, -0.25) is 0 Å². The lowest BCUT2D eigenvalue weighted by molar-refractivity contribution is 0.670. The summed E-state index contributed by atoms with van der Waals surface area (Å²) in [6.07, 6.45) is 0. The van der Waals surface area contributed by atoms with Crippen molar-refractivity contribution >= 4 is 43.5 Å². The second-order valence-corrected chi connectivity index (χ2v) is 12.8. The topological polar surface area (TPSA) is 51.8 Å². The zero-order chi connectivity index (χ0) is 33.7. The highest BCUT2D eigenvalue weighted by Gasteiger charge is 2.21. The Morgan fingerprint density at radius 1 is 0.333 bits per heavy atom. The van der Waals surface area contributed by atoms with Crippen molar-refractivity contribution in [2.75, 3.05) is 0 Å². The van der Waals surface area contributed by atoms with Gasteiger partial charge in [0, 0.05) is 33.0 Å². The predicted molar refractivity (Wildman–Crippen MR) is 209 cm³/mol. The quantitative estimate of drug-likeness (QED) is 0.174. The third kappa shape index (κ3) is 5.04. The average Bonchev–Trinajstić information content (AvgIpc) is 3.61. The molecule has 0 atom stereocenters. The number of aromatic nitrogens is 3. The summed E-state index contributed by atoms with van der Waals surface area (Å²) in [6.45, 7) is 0. The number of nitrogens with zero attached hydrogens (tertiary/aromatic N) is 3. The summed E-state index contributed by atoms with van der Waals surface area (Å²) in [4.78, 5) is 15.3. The third-order valence-corrected chi connectivity index (χ3v) is 9.74. The van der Waals surface area contributed by atoms with Gasteiger partial charge in [0.1, 0.15) is 11.2 Å². The van der Waals surface area contributed by atoms with Gasteiger partial charge in [-0.1, -0.05) is 152 Å². The van der Waals surface area contributed by atoms with E-state index in [-0.39, 0.29) is 0 Å². The highest BCUT2D eigenvalue weighted by molar-refractivity contribution is 6.16. The first-order chi connectivity index (χ1) is 25.3. The Hall–Kier alpha value is -6.91. The molecule has 0 saturated heterocycles. The van der Waals surface area contributed by atoms with E-state index >= 15 is 0 Å². The van der Waals surface area contributed by atoms with Crippen LogP contribution in [0.4, 0.5) is 0 Å². The number of hydrogen-bond acceptors (Lipinski definition) is 4. The van der Waals surface area contributed by atoms with Crippen LogP contribution in [0.1, 0.15) is 0 Å². The van der Waals surface area contributed by atoms with E-state index in [0.29, 0.717) is 17.5 Å². The minimum atomic E-state index is 0.596. The van der Waals surface area contributed by atoms with Gasteiger partial charge < -0.3 is 4.42 Å². The largest absolute Gasteiger partial charge is 0.455 e. The van der Waals surface area contributed by atoms with Gasteiger partial charge in [-0.2, -0.15) is 0 Å². The number of furan rings is 1. The first-order valence-electron chi connectivity index (χ1n) is 17.1. The lowest BCUT2D eigenvalue weighted by Crippen LogP contribution is -2.00. The van der Waals surface area contributed by atoms with Crippen molar-refractivity contribution in [2.45, 2.75) is 0 Å². The lowest BCUT2D eigenvalue weighted by Gasteiger charge is -2.12. The predicted octanol–water partition coefficient (Wildman–Crippen LogP) is 12.4. The van der Waals surface area contributed by atoms with Gasteiger partial charge >= 0.3 is 0 Å². The Labute approximate surface area is 294 Å². The second-order valence-electron chi connectivity index (χ2n) is 12.8. The maximum absolute atomic E-state index is 6.71. The zero-order valence-electron chi connectivity index (χ0n) is 27.5. The van der Waals surface area contributed by atoms with E-state index in [4.69, 9.17) is 19.4 Å². The average molecular weight is 652 g/mol. The van der Waals surface area contributed by atoms with Crippen LogP contribution in [0, 0.1) is 0 Å². The fourth-order valence-corrected chi connectivity index (χ4v) is 7.20. The summed E-state index contributed by atoms with van der Waals surface area (Å²) in [5.74, 6) is 1.83.